The van der Waals surface area contributed by atoms with Crippen molar-refractivity contribution in [3.63, 3.8) is 0 Å². The highest BCUT2D eigenvalue weighted by Crippen LogP contribution is 2.20. The molecule has 0 aliphatic rings. The maximum atomic E-state index is 11.4. The van der Waals surface area contributed by atoms with Gasteiger partial charge in [0.2, 0.25) is 0 Å². The van der Waals surface area contributed by atoms with Crippen LogP contribution in [-0.4, -0.2) is 29.9 Å². The van der Waals surface area contributed by atoms with Crippen molar-refractivity contribution in [2.75, 3.05) is 6.26 Å². The average molecular weight is 228 g/mol. The van der Waals surface area contributed by atoms with Crippen molar-refractivity contribution in [2.24, 2.45) is 0 Å². The van der Waals surface area contributed by atoms with E-state index in [4.69, 9.17) is 0 Å². The summed E-state index contributed by atoms with van der Waals surface area (Å²) in [4.78, 5) is 8.27. The Morgan fingerprint density at radius 1 is 1.20 bits per heavy atom. The molecule has 0 unspecified atom stereocenters. The fraction of sp³-hybridized carbons (Fsp3) is 0.600. The maximum Gasteiger partial charge on any atom is 0.150 e. The van der Waals surface area contributed by atoms with Crippen LogP contribution in [0, 0.1) is 6.92 Å². The summed E-state index contributed by atoms with van der Waals surface area (Å²) >= 11 is 0. The summed E-state index contributed by atoms with van der Waals surface area (Å²) in [5.74, 6) is 0.402. The first-order chi connectivity index (χ1) is 6.82. The number of rotatable bonds is 3. The molecule has 0 aliphatic carbocycles. The van der Waals surface area contributed by atoms with Crippen LogP contribution in [-0.2, 0) is 9.84 Å². The van der Waals surface area contributed by atoms with Crippen molar-refractivity contribution in [1.29, 1.82) is 0 Å². The van der Waals surface area contributed by atoms with Gasteiger partial charge in [-0.15, -0.1) is 0 Å². The highest BCUT2D eigenvalue weighted by atomic mass is 32.2. The van der Waals surface area contributed by atoms with Gasteiger partial charge in [0.15, 0.2) is 9.84 Å². The zero-order valence-corrected chi connectivity index (χ0v) is 10.2. The van der Waals surface area contributed by atoms with E-state index in [1.165, 1.54) is 6.26 Å². The Morgan fingerprint density at radius 2 is 1.67 bits per heavy atom. The van der Waals surface area contributed by atoms with E-state index in [2.05, 4.69) is 9.97 Å². The molecule has 2 atom stereocenters. The van der Waals surface area contributed by atoms with E-state index in [0.29, 0.717) is 5.82 Å². The van der Waals surface area contributed by atoms with Crippen molar-refractivity contribution in [1.82, 2.24) is 9.97 Å². The summed E-state index contributed by atoms with van der Waals surface area (Å²) in [7, 11) is -3.04. The highest BCUT2D eigenvalue weighted by molar-refractivity contribution is 7.91. The van der Waals surface area contributed by atoms with Crippen LogP contribution < -0.4 is 0 Å². The lowest BCUT2D eigenvalue weighted by Gasteiger charge is -2.16. The van der Waals surface area contributed by atoms with Gasteiger partial charge in [-0.3, -0.25) is 0 Å². The number of aromatic nitrogens is 2. The smallest absolute Gasteiger partial charge is 0.150 e. The van der Waals surface area contributed by atoms with Crippen LogP contribution in [0.5, 0.6) is 0 Å². The fourth-order valence-electron chi connectivity index (χ4n) is 1.22. The molecule has 1 rings (SSSR count). The summed E-state index contributed by atoms with van der Waals surface area (Å²) in [6.07, 6.45) is 4.64. The topological polar surface area (TPSA) is 59.9 Å². The van der Waals surface area contributed by atoms with Gasteiger partial charge >= 0.3 is 0 Å². The van der Waals surface area contributed by atoms with Gasteiger partial charge in [-0.05, 0) is 19.4 Å². The molecular formula is C10H16N2O2S. The summed E-state index contributed by atoms with van der Waals surface area (Å²) in [6.45, 7) is 5.41. The van der Waals surface area contributed by atoms with Gasteiger partial charge in [0, 0.05) is 24.6 Å². The third-order valence-corrected chi connectivity index (χ3v) is 4.35. The molecule has 0 bridgehead atoms. The van der Waals surface area contributed by atoms with E-state index in [9.17, 15) is 8.42 Å². The molecule has 0 amide bonds. The molecular weight excluding hydrogens is 212 g/mol. The first-order valence-electron chi connectivity index (χ1n) is 4.79. The van der Waals surface area contributed by atoms with Gasteiger partial charge in [-0.25, -0.2) is 18.4 Å². The number of hydrogen-bond donors (Lipinski definition) is 0. The third kappa shape index (κ3) is 2.99. The molecule has 1 heterocycles. The molecule has 0 saturated carbocycles. The van der Waals surface area contributed by atoms with Crippen LogP contribution >= 0.6 is 0 Å². The second kappa shape index (κ2) is 4.26. The van der Waals surface area contributed by atoms with Crippen molar-refractivity contribution in [3.8, 4) is 0 Å². The molecule has 4 nitrogen and oxygen atoms in total. The Morgan fingerprint density at radius 3 is 2.07 bits per heavy atom. The fourth-order valence-corrected chi connectivity index (χ4v) is 2.08. The third-order valence-electron chi connectivity index (χ3n) is 2.59. The Hall–Kier alpha value is -0.970. The maximum absolute atomic E-state index is 11.4. The largest absolute Gasteiger partial charge is 0.241 e. The van der Waals surface area contributed by atoms with Crippen LogP contribution in [0.25, 0.3) is 0 Å². The van der Waals surface area contributed by atoms with E-state index in [-0.39, 0.29) is 5.92 Å². The van der Waals surface area contributed by atoms with Crippen LogP contribution in [0.2, 0.25) is 0 Å². The summed E-state index contributed by atoms with van der Waals surface area (Å²) in [5, 5.41) is -0.458. The van der Waals surface area contributed by atoms with Gasteiger partial charge in [-0.2, -0.15) is 0 Å². The first kappa shape index (κ1) is 12.1. The summed E-state index contributed by atoms with van der Waals surface area (Å²) in [6, 6.07) is 0. The lowest BCUT2D eigenvalue weighted by molar-refractivity contribution is 0.568. The summed E-state index contributed by atoms with van der Waals surface area (Å²) < 4.78 is 22.7. The minimum Gasteiger partial charge on any atom is -0.241 e. The first-order valence-corrected chi connectivity index (χ1v) is 6.75. The molecule has 0 fully saturated rings. The quantitative estimate of drug-likeness (QED) is 0.783. The Bertz CT molecular complexity index is 425. The normalized spacial score (nSPS) is 16.0. The molecule has 0 aromatic carbocycles. The number of aryl methyl sites for hydroxylation is 1. The minimum atomic E-state index is -3.04. The number of sulfone groups is 1. The van der Waals surface area contributed by atoms with E-state index < -0.39 is 15.1 Å². The van der Waals surface area contributed by atoms with Crippen LogP contribution in [0.4, 0.5) is 0 Å². The molecule has 5 heteroatoms. The standard InChI is InChI=1S/C10H16N2O2S/c1-7-5-11-10(12-6-7)8(2)9(3)15(4,13)14/h5-6,8-9H,1-4H3/t8-,9+/m1/s1. The van der Waals surface area contributed by atoms with Crippen molar-refractivity contribution >= 4 is 9.84 Å². The zero-order valence-electron chi connectivity index (χ0n) is 9.43. The molecule has 0 saturated heterocycles. The predicted octanol–water partition coefficient (Wildman–Crippen LogP) is 1.32. The molecule has 0 radical (unpaired) electrons. The molecule has 1 aromatic heterocycles. The minimum absolute atomic E-state index is 0.180. The molecule has 0 spiro atoms. The average Bonchev–Trinajstić information content (AvgIpc) is 2.15. The lowest BCUT2D eigenvalue weighted by atomic mass is 10.1. The molecule has 0 N–H and O–H groups in total. The molecule has 15 heavy (non-hydrogen) atoms. The Kier molecular flexibility index (Phi) is 3.44. The lowest BCUT2D eigenvalue weighted by Crippen LogP contribution is -2.23. The van der Waals surface area contributed by atoms with Gasteiger partial charge in [0.1, 0.15) is 5.82 Å². The van der Waals surface area contributed by atoms with Crippen molar-refractivity contribution in [3.05, 3.63) is 23.8 Å². The number of hydrogen-bond acceptors (Lipinski definition) is 4. The van der Waals surface area contributed by atoms with Gasteiger partial charge in [0.05, 0.1) is 5.25 Å². The highest BCUT2D eigenvalue weighted by Gasteiger charge is 2.25. The van der Waals surface area contributed by atoms with Crippen LogP contribution in [0.15, 0.2) is 12.4 Å². The predicted molar refractivity (Wildman–Crippen MR) is 59.5 cm³/mol. The van der Waals surface area contributed by atoms with Gasteiger partial charge in [-0.1, -0.05) is 6.92 Å². The second-order valence-corrected chi connectivity index (χ2v) is 6.34. The van der Waals surface area contributed by atoms with Crippen molar-refractivity contribution in [2.45, 2.75) is 31.9 Å². The Balaban J connectivity index is 2.95. The molecule has 84 valence electrons. The SMILES string of the molecule is Cc1cnc([C@H](C)[C@H](C)S(C)(=O)=O)nc1. The Labute approximate surface area is 90.7 Å². The second-order valence-electron chi connectivity index (χ2n) is 3.94. The van der Waals surface area contributed by atoms with Gasteiger partial charge < -0.3 is 0 Å². The van der Waals surface area contributed by atoms with Crippen molar-refractivity contribution < 1.29 is 8.42 Å². The molecule has 1 aromatic rings. The van der Waals surface area contributed by atoms with Crippen LogP contribution in [0.1, 0.15) is 31.2 Å². The molecule has 0 aliphatic heterocycles. The van der Waals surface area contributed by atoms with Crippen LogP contribution in [0.3, 0.4) is 0 Å². The summed E-state index contributed by atoms with van der Waals surface area (Å²) in [5.41, 5.74) is 0.970. The van der Waals surface area contributed by atoms with E-state index in [1.807, 2.05) is 13.8 Å². The zero-order chi connectivity index (χ0) is 11.6. The van der Waals surface area contributed by atoms with E-state index >= 15 is 0 Å². The van der Waals surface area contributed by atoms with E-state index in [0.717, 1.165) is 5.56 Å². The monoisotopic (exact) mass is 228 g/mol. The van der Waals surface area contributed by atoms with Gasteiger partial charge in [0.25, 0.3) is 0 Å². The number of nitrogens with zero attached hydrogens (tertiary/aromatic N) is 2. The van der Waals surface area contributed by atoms with E-state index in [1.54, 1.807) is 19.3 Å².